The number of benzene rings is 4. The van der Waals surface area contributed by atoms with Crippen molar-refractivity contribution in [1.82, 2.24) is 5.43 Å². The van der Waals surface area contributed by atoms with Gasteiger partial charge in [0, 0.05) is 10.6 Å². The summed E-state index contributed by atoms with van der Waals surface area (Å²) >= 11 is 6.08. The summed E-state index contributed by atoms with van der Waals surface area (Å²) < 4.78 is 27.6. The molecule has 1 N–H and O–H groups in total. The molecule has 1 amide bonds. The van der Waals surface area contributed by atoms with Crippen LogP contribution < -0.4 is 9.73 Å². The van der Waals surface area contributed by atoms with Gasteiger partial charge in [-0.1, -0.05) is 78.3 Å². The van der Waals surface area contributed by atoms with Gasteiger partial charge < -0.3 is 0 Å². The molecular formula is C25H20ClN3O3S. The summed E-state index contributed by atoms with van der Waals surface area (Å²) in [5.41, 5.74) is 3.53. The van der Waals surface area contributed by atoms with Crippen molar-refractivity contribution >= 4 is 50.2 Å². The van der Waals surface area contributed by atoms with E-state index in [1.54, 1.807) is 36.4 Å². The first-order valence-corrected chi connectivity index (χ1v) is 11.9. The lowest BCUT2D eigenvalue weighted by molar-refractivity contribution is -0.119. The molecule has 0 aromatic heterocycles. The summed E-state index contributed by atoms with van der Waals surface area (Å²) in [5, 5.41) is 6.44. The highest BCUT2D eigenvalue weighted by atomic mass is 35.5. The first-order chi connectivity index (χ1) is 15.9. The average molecular weight is 478 g/mol. The predicted molar refractivity (Wildman–Crippen MR) is 132 cm³/mol. The molecule has 0 saturated heterocycles. The van der Waals surface area contributed by atoms with E-state index in [1.807, 2.05) is 42.5 Å². The number of carbonyl (C=O) groups excluding carboxylic acids is 1. The third-order valence-electron chi connectivity index (χ3n) is 4.93. The van der Waals surface area contributed by atoms with Crippen molar-refractivity contribution in [2.24, 2.45) is 5.10 Å². The minimum atomic E-state index is -4.01. The average Bonchev–Trinajstić information content (AvgIpc) is 2.83. The Labute approximate surface area is 197 Å². The molecule has 4 aromatic carbocycles. The van der Waals surface area contributed by atoms with Crippen LogP contribution in [0.5, 0.6) is 0 Å². The number of hydrogen-bond donors (Lipinski definition) is 1. The van der Waals surface area contributed by atoms with Gasteiger partial charge in [-0.2, -0.15) is 5.10 Å². The molecule has 0 aliphatic heterocycles. The van der Waals surface area contributed by atoms with Gasteiger partial charge in [0.25, 0.3) is 15.9 Å². The molecule has 166 valence electrons. The van der Waals surface area contributed by atoms with Gasteiger partial charge in [-0.15, -0.1) is 0 Å². The lowest BCUT2D eigenvalue weighted by atomic mass is 10.1. The highest BCUT2D eigenvalue weighted by Gasteiger charge is 2.27. The van der Waals surface area contributed by atoms with Crippen molar-refractivity contribution in [2.45, 2.75) is 4.90 Å². The molecule has 0 fully saturated rings. The zero-order chi connectivity index (χ0) is 23.3. The summed E-state index contributed by atoms with van der Waals surface area (Å²) in [4.78, 5) is 12.7. The number of sulfonamides is 1. The minimum Gasteiger partial charge on any atom is -0.271 e. The maximum atomic E-state index is 13.3. The largest absolute Gasteiger partial charge is 0.271 e. The second kappa shape index (κ2) is 9.85. The van der Waals surface area contributed by atoms with Crippen molar-refractivity contribution in [1.29, 1.82) is 0 Å². The molecule has 0 aliphatic rings. The fourth-order valence-electron chi connectivity index (χ4n) is 3.37. The van der Waals surface area contributed by atoms with Crippen LogP contribution in [0.25, 0.3) is 10.8 Å². The molecule has 4 rings (SSSR count). The number of rotatable bonds is 7. The molecule has 8 heteroatoms. The van der Waals surface area contributed by atoms with Crippen molar-refractivity contribution in [3.63, 3.8) is 0 Å². The first kappa shape index (κ1) is 22.5. The Hall–Kier alpha value is -3.68. The number of amides is 1. The van der Waals surface area contributed by atoms with Crippen molar-refractivity contribution < 1.29 is 13.2 Å². The molecule has 0 aliphatic carbocycles. The summed E-state index contributed by atoms with van der Waals surface area (Å²) in [6, 6.07) is 27.9. The molecular weight excluding hydrogens is 458 g/mol. The monoisotopic (exact) mass is 477 g/mol. The lowest BCUT2D eigenvalue weighted by Crippen LogP contribution is -2.39. The van der Waals surface area contributed by atoms with Gasteiger partial charge in [-0.25, -0.2) is 13.8 Å². The third-order valence-corrected chi connectivity index (χ3v) is 6.95. The summed E-state index contributed by atoms with van der Waals surface area (Å²) in [6.07, 6.45) is 1.54. The number of nitrogens with zero attached hydrogens (tertiary/aromatic N) is 2. The maximum absolute atomic E-state index is 13.3. The topological polar surface area (TPSA) is 78.8 Å². The molecule has 0 bridgehead atoms. The summed E-state index contributed by atoms with van der Waals surface area (Å²) in [5.74, 6) is -0.592. The Morgan fingerprint density at radius 3 is 2.39 bits per heavy atom. The summed E-state index contributed by atoms with van der Waals surface area (Å²) in [6.45, 7) is -0.468. The van der Waals surface area contributed by atoms with E-state index in [4.69, 9.17) is 11.6 Å². The number of halogens is 1. The minimum absolute atomic E-state index is 0.0667. The van der Waals surface area contributed by atoms with Crippen LogP contribution in [-0.4, -0.2) is 27.1 Å². The molecule has 0 unspecified atom stereocenters. The third kappa shape index (κ3) is 5.22. The zero-order valence-corrected chi connectivity index (χ0v) is 19.0. The van der Waals surface area contributed by atoms with E-state index in [-0.39, 0.29) is 10.6 Å². The fourth-order valence-corrected chi connectivity index (χ4v) is 4.99. The van der Waals surface area contributed by atoms with Crippen LogP contribution in [0.1, 0.15) is 5.56 Å². The molecule has 0 spiro atoms. The van der Waals surface area contributed by atoms with E-state index in [1.165, 1.54) is 24.4 Å². The molecule has 4 aromatic rings. The maximum Gasteiger partial charge on any atom is 0.264 e. The van der Waals surface area contributed by atoms with Gasteiger partial charge in [-0.05, 0) is 41.1 Å². The molecule has 0 heterocycles. The lowest BCUT2D eigenvalue weighted by Gasteiger charge is -2.23. The normalized spacial score (nSPS) is 11.5. The standard InChI is InChI=1S/C25H20ClN3O3S/c26-21-11-7-12-22(16-21)29(33(31,32)23-13-2-1-3-14-23)18-25(30)28-27-17-20-10-6-9-19-8-4-5-15-24(19)20/h1-17H,18H2,(H,28,30)/b27-17-. The SMILES string of the molecule is O=C(CN(c1cccc(Cl)c1)S(=O)(=O)c1ccccc1)N/N=C\c1cccc2ccccc12. The van der Waals surface area contributed by atoms with E-state index in [0.717, 1.165) is 20.6 Å². The highest BCUT2D eigenvalue weighted by molar-refractivity contribution is 7.92. The Bertz CT molecular complexity index is 1420. The number of hydrazone groups is 1. The van der Waals surface area contributed by atoms with E-state index >= 15 is 0 Å². The van der Waals surface area contributed by atoms with Crippen molar-refractivity contribution in [3.05, 3.63) is 108 Å². The number of hydrogen-bond acceptors (Lipinski definition) is 4. The second-order valence-electron chi connectivity index (χ2n) is 7.17. The van der Waals surface area contributed by atoms with E-state index in [2.05, 4.69) is 10.5 Å². The van der Waals surface area contributed by atoms with E-state index in [9.17, 15) is 13.2 Å². The molecule has 0 atom stereocenters. The van der Waals surface area contributed by atoms with E-state index in [0.29, 0.717) is 5.02 Å². The van der Waals surface area contributed by atoms with Crippen LogP contribution in [0.2, 0.25) is 5.02 Å². The smallest absolute Gasteiger partial charge is 0.264 e. The first-order valence-electron chi connectivity index (χ1n) is 10.1. The van der Waals surface area contributed by atoms with Crippen LogP contribution in [0, 0.1) is 0 Å². The van der Waals surface area contributed by atoms with Crippen LogP contribution >= 0.6 is 11.6 Å². The Morgan fingerprint density at radius 2 is 1.61 bits per heavy atom. The van der Waals surface area contributed by atoms with Crippen LogP contribution in [0.15, 0.2) is 107 Å². The number of fused-ring (bicyclic) bond motifs is 1. The molecule has 0 saturated carbocycles. The number of nitrogens with one attached hydrogen (secondary N) is 1. The quantitative estimate of drug-likeness (QED) is 0.305. The van der Waals surface area contributed by atoms with Crippen molar-refractivity contribution in [3.8, 4) is 0 Å². The summed E-state index contributed by atoms with van der Waals surface area (Å²) in [7, 11) is -4.01. The van der Waals surface area contributed by atoms with Gasteiger partial charge in [0.1, 0.15) is 6.54 Å². The number of anilines is 1. The Kier molecular flexibility index (Phi) is 6.72. The molecule has 6 nitrogen and oxygen atoms in total. The van der Waals surface area contributed by atoms with Gasteiger partial charge >= 0.3 is 0 Å². The molecule has 0 radical (unpaired) electrons. The van der Waals surface area contributed by atoms with Gasteiger partial charge in [0.05, 0.1) is 16.8 Å². The Balaban J connectivity index is 1.57. The van der Waals surface area contributed by atoms with Crippen LogP contribution in [0.4, 0.5) is 5.69 Å². The van der Waals surface area contributed by atoms with Gasteiger partial charge in [0.2, 0.25) is 0 Å². The second-order valence-corrected chi connectivity index (χ2v) is 9.46. The predicted octanol–water partition coefficient (Wildman–Crippen LogP) is 4.84. The zero-order valence-electron chi connectivity index (χ0n) is 17.4. The Morgan fingerprint density at radius 1 is 0.909 bits per heavy atom. The van der Waals surface area contributed by atoms with Crippen molar-refractivity contribution in [2.75, 3.05) is 10.8 Å². The van der Waals surface area contributed by atoms with E-state index < -0.39 is 22.5 Å². The van der Waals surface area contributed by atoms with Crippen LogP contribution in [0.3, 0.4) is 0 Å². The fraction of sp³-hybridized carbons (Fsp3) is 0.0400. The molecule has 33 heavy (non-hydrogen) atoms. The van der Waals surface area contributed by atoms with Gasteiger partial charge in [-0.3, -0.25) is 9.10 Å². The number of carbonyl (C=O) groups is 1. The van der Waals surface area contributed by atoms with Gasteiger partial charge in [0.15, 0.2) is 0 Å². The highest BCUT2D eigenvalue weighted by Crippen LogP contribution is 2.26. The van der Waals surface area contributed by atoms with Crippen LogP contribution in [-0.2, 0) is 14.8 Å².